The van der Waals surface area contributed by atoms with Gasteiger partial charge in [-0.05, 0) is 67.7 Å². The zero-order chi connectivity index (χ0) is 15.1. The fourth-order valence-corrected chi connectivity index (χ4v) is 3.86. The summed E-state index contributed by atoms with van der Waals surface area (Å²) in [6.45, 7) is 9.13. The first-order chi connectivity index (χ1) is 10.3. The van der Waals surface area contributed by atoms with Crippen LogP contribution in [0.25, 0.3) is 0 Å². The van der Waals surface area contributed by atoms with E-state index in [0.717, 1.165) is 30.7 Å². The van der Waals surface area contributed by atoms with Crippen LogP contribution >= 0.6 is 0 Å². The van der Waals surface area contributed by atoms with Gasteiger partial charge in [0.25, 0.3) is 0 Å². The van der Waals surface area contributed by atoms with Gasteiger partial charge in [0.05, 0.1) is 0 Å². The third kappa shape index (κ3) is 4.85. The Hall–Kier alpha value is -0.820. The largest absolute Gasteiger partial charge is 0.317 e. The lowest BCUT2D eigenvalue weighted by atomic mass is 9.71. The molecule has 1 nitrogen and oxygen atoms in total. The highest BCUT2D eigenvalue weighted by atomic mass is 14.8. The van der Waals surface area contributed by atoms with Crippen LogP contribution in [0.3, 0.4) is 0 Å². The summed E-state index contributed by atoms with van der Waals surface area (Å²) in [5.74, 6) is 2.71. The molecule has 0 spiro atoms. The summed E-state index contributed by atoms with van der Waals surface area (Å²) in [6.07, 6.45) is 8.07. The fourth-order valence-electron chi connectivity index (χ4n) is 3.86. The molecule has 0 aliphatic heterocycles. The Kier molecular flexibility index (Phi) is 6.76. The number of aryl methyl sites for hydroxylation is 1. The van der Waals surface area contributed by atoms with Crippen LogP contribution in [0.4, 0.5) is 0 Å². The van der Waals surface area contributed by atoms with Crippen molar-refractivity contribution in [2.24, 2.45) is 17.8 Å². The molecule has 118 valence electrons. The number of hydrogen-bond donors (Lipinski definition) is 1. The van der Waals surface area contributed by atoms with Crippen LogP contribution in [0.2, 0.25) is 0 Å². The quantitative estimate of drug-likeness (QED) is 0.756. The highest BCUT2D eigenvalue weighted by Gasteiger charge is 2.29. The molecule has 21 heavy (non-hydrogen) atoms. The Morgan fingerprint density at radius 2 is 1.67 bits per heavy atom. The highest BCUT2D eigenvalue weighted by molar-refractivity contribution is 5.23. The Labute approximate surface area is 131 Å². The minimum atomic E-state index is 0.871. The van der Waals surface area contributed by atoms with Crippen molar-refractivity contribution in [3.05, 3.63) is 35.4 Å². The van der Waals surface area contributed by atoms with Gasteiger partial charge >= 0.3 is 0 Å². The second kappa shape index (κ2) is 8.58. The van der Waals surface area contributed by atoms with Crippen molar-refractivity contribution < 1.29 is 0 Å². The van der Waals surface area contributed by atoms with Crippen molar-refractivity contribution in [1.29, 1.82) is 0 Å². The van der Waals surface area contributed by atoms with E-state index in [-0.39, 0.29) is 0 Å². The Morgan fingerprint density at radius 3 is 2.29 bits per heavy atom. The van der Waals surface area contributed by atoms with Crippen molar-refractivity contribution in [3.63, 3.8) is 0 Å². The van der Waals surface area contributed by atoms with Crippen LogP contribution in [0.5, 0.6) is 0 Å². The van der Waals surface area contributed by atoms with Gasteiger partial charge in [-0.1, -0.05) is 57.9 Å². The lowest BCUT2D eigenvalue weighted by Crippen LogP contribution is -2.34. The summed E-state index contributed by atoms with van der Waals surface area (Å²) in [5.41, 5.74) is 2.99. The van der Waals surface area contributed by atoms with Gasteiger partial charge in [0, 0.05) is 0 Å². The highest BCUT2D eigenvalue weighted by Crippen LogP contribution is 2.37. The minimum absolute atomic E-state index is 0.871. The van der Waals surface area contributed by atoms with E-state index >= 15 is 0 Å². The molecule has 1 fully saturated rings. The van der Waals surface area contributed by atoms with Crippen LogP contribution in [-0.4, -0.2) is 13.1 Å². The maximum atomic E-state index is 3.58. The topological polar surface area (TPSA) is 12.0 Å². The van der Waals surface area contributed by atoms with E-state index in [1.54, 1.807) is 0 Å². The van der Waals surface area contributed by atoms with Gasteiger partial charge in [0.1, 0.15) is 0 Å². The average molecular weight is 287 g/mol. The van der Waals surface area contributed by atoms with E-state index in [9.17, 15) is 0 Å². The van der Waals surface area contributed by atoms with Crippen molar-refractivity contribution in [3.8, 4) is 0 Å². The van der Waals surface area contributed by atoms with E-state index in [0.29, 0.717) is 0 Å². The zero-order valence-electron chi connectivity index (χ0n) is 14.2. The first kappa shape index (κ1) is 16.5. The molecule has 1 saturated carbocycles. The van der Waals surface area contributed by atoms with E-state index in [1.165, 1.54) is 49.8 Å². The molecule has 1 heteroatoms. The Balaban J connectivity index is 1.99. The summed E-state index contributed by atoms with van der Waals surface area (Å²) in [6, 6.07) is 9.35. The zero-order valence-corrected chi connectivity index (χ0v) is 14.2. The molecule has 0 amide bonds. The molecule has 3 unspecified atom stereocenters. The monoisotopic (exact) mass is 287 g/mol. The lowest BCUT2D eigenvalue weighted by Gasteiger charge is -2.36. The summed E-state index contributed by atoms with van der Waals surface area (Å²) >= 11 is 0. The summed E-state index contributed by atoms with van der Waals surface area (Å²) < 4.78 is 0. The smallest absolute Gasteiger partial charge is 0.00179 e. The predicted octanol–water partition coefficient (Wildman–Crippen LogP) is 4.84. The normalized spacial score (nSPS) is 26.0. The first-order valence-corrected chi connectivity index (χ1v) is 9.05. The van der Waals surface area contributed by atoms with E-state index in [1.807, 2.05) is 0 Å². The second-order valence-corrected chi connectivity index (χ2v) is 6.79. The molecular formula is C20H33N. The molecule has 1 aliphatic carbocycles. The van der Waals surface area contributed by atoms with Gasteiger partial charge in [-0.15, -0.1) is 0 Å². The minimum Gasteiger partial charge on any atom is -0.317 e. The fraction of sp³-hybridized carbons (Fsp3) is 0.700. The first-order valence-electron chi connectivity index (χ1n) is 9.05. The molecule has 0 heterocycles. The second-order valence-electron chi connectivity index (χ2n) is 6.79. The van der Waals surface area contributed by atoms with Crippen LogP contribution in [0.1, 0.15) is 57.6 Å². The van der Waals surface area contributed by atoms with Gasteiger partial charge in [0.15, 0.2) is 0 Å². The summed E-state index contributed by atoms with van der Waals surface area (Å²) in [7, 11) is 0. The van der Waals surface area contributed by atoms with Gasteiger partial charge in [-0.3, -0.25) is 0 Å². The molecule has 2 rings (SSSR count). The molecule has 1 N–H and O–H groups in total. The summed E-state index contributed by atoms with van der Waals surface area (Å²) in [4.78, 5) is 0. The molecule has 0 saturated heterocycles. The van der Waals surface area contributed by atoms with Gasteiger partial charge in [-0.2, -0.15) is 0 Å². The third-order valence-electron chi connectivity index (χ3n) is 5.41. The van der Waals surface area contributed by atoms with E-state index in [2.05, 4.69) is 50.4 Å². The molecule has 3 atom stereocenters. The molecule has 0 radical (unpaired) electrons. The SMILES string of the molecule is CCNCC1CCC(CC)CC1Cc1ccc(CC)cc1. The molecular weight excluding hydrogens is 254 g/mol. The van der Waals surface area contributed by atoms with Crippen LogP contribution < -0.4 is 5.32 Å². The number of rotatable bonds is 7. The maximum Gasteiger partial charge on any atom is -0.00179 e. The molecule has 1 aromatic carbocycles. The maximum absolute atomic E-state index is 3.58. The van der Waals surface area contributed by atoms with Crippen LogP contribution in [-0.2, 0) is 12.8 Å². The average Bonchev–Trinajstić information content (AvgIpc) is 2.54. The molecule has 0 bridgehead atoms. The van der Waals surface area contributed by atoms with Gasteiger partial charge < -0.3 is 5.32 Å². The van der Waals surface area contributed by atoms with Crippen LogP contribution in [0, 0.1) is 17.8 Å². The van der Waals surface area contributed by atoms with Crippen molar-refractivity contribution in [2.75, 3.05) is 13.1 Å². The Bertz CT molecular complexity index is 395. The van der Waals surface area contributed by atoms with E-state index in [4.69, 9.17) is 0 Å². The Morgan fingerprint density at radius 1 is 0.952 bits per heavy atom. The van der Waals surface area contributed by atoms with Crippen LogP contribution in [0.15, 0.2) is 24.3 Å². The summed E-state index contributed by atoms with van der Waals surface area (Å²) in [5, 5.41) is 3.58. The number of hydrogen-bond acceptors (Lipinski definition) is 1. The molecule has 1 aromatic rings. The number of benzene rings is 1. The molecule has 1 aliphatic rings. The molecule has 0 aromatic heterocycles. The van der Waals surface area contributed by atoms with Gasteiger partial charge in [-0.25, -0.2) is 0 Å². The van der Waals surface area contributed by atoms with Crippen molar-refractivity contribution in [2.45, 2.75) is 59.3 Å². The van der Waals surface area contributed by atoms with E-state index < -0.39 is 0 Å². The van der Waals surface area contributed by atoms with Gasteiger partial charge in [0.2, 0.25) is 0 Å². The number of nitrogens with one attached hydrogen (secondary N) is 1. The third-order valence-corrected chi connectivity index (χ3v) is 5.41. The van der Waals surface area contributed by atoms with Crippen molar-refractivity contribution in [1.82, 2.24) is 5.32 Å². The standard InChI is InChI=1S/C20H33N/c1-4-16-7-9-18(10-8-16)14-20-13-17(5-2)11-12-19(20)15-21-6-3/h7-10,17,19-21H,4-6,11-15H2,1-3H3. The lowest BCUT2D eigenvalue weighted by molar-refractivity contribution is 0.172. The predicted molar refractivity (Wildman–Crippen MR) is 92.7 cm³/mol. The van der Waals surface area contributed by atoms with Crippen molar-refractivity contribution >= 4 is 0 Å².